The van der Waals surface area contributed by atoms with E-state index < -0.39 is 12.0 Å². The van der Waals surface area contributed by atoms with Gasteiger partial charge in [0, 0.05) is 4.91 Å². The molecule has 0 fully saturated rings. The van der Waals surface area contributed by atoms with Crippen LogP contribution in [0.2, 0.25) is 0 Å². The molecule has 1 unspecified atom stereocenters. The highest BCUT2D eigenvalue weighted by Gasteiger charge is 2.08. The summed E-state index contributed by atoms with van der Waals surface area (Å²) < 4.78 is 4.26. The van der Waals surface area contributed by atoms with E-state index in [-0.39, 0.29) is 0 Å². The maximum absolute atomic E-state index is 10.4. The number of carbonyl (C=O) groups excluding carboxylic acids is 1. The lowest BCUT2D eigenvalue weighted by Gasteiger charge is -1.98. The van der Waals surface area contributed by atoms with E-state index in [1.54, 1.807) is 0 Å². The molecule has 0 N–H and O–H groups in total. The second-order valence-corrected chi connectivity index (χ2v) is 1.40. The molecule has 0 aromatic carbocycles. The zero-order valence-electron chi connectivity index (χ0n) is 5.24. The Kier molecular flexibility index (Phi) is 3.23. The number of carbonyl (C=O) groups is 1. The van der Waals surface area contributed by atoms with Crippen LogP contribution in [0.3, 0.4) is 0 Å². The Morgan fingerprint density at radius 1 is 1.89 bits per heavy atom. The Bertz CT molecular complexity index is 150. The van der Waals surface area contributed by atoms with Gasteiger partial charge in [0.2, 0.25) is 0 Å². The average molecular weight is 129 g/mol. The van der Waals surface area contributed by atoms with Crippen LogP contribution in [-0.4, -0.2) is 19.1 Å². The smallest absolute Gasteiger partial charge is 0.314 e. The number of hydrogen-bond donors (Lipinski definition) is 0. The van der Waals surface area contributed by atoms with E-state index in [2.05, 4.69) is 14.8 Å². The molecule has 5 heteroatoms. The van der Waals surface area contributed by atoms with Crippen molar-refractivity contribution in [1.29, 1.82) is 0 Å². The molecule has 0 aliphatic carbocycles. The van der Waals surface area contributed by atoms with Gasteiger partial charge in [-0.1, -0.05) is 5.11 Å². The summed E-state index contributed by atoms with van der Waals surface area (Å²) in [7, 11) is 1.24. The molecule has 9 heavy (non-hydrogen) atoms. The maximum Gasteiger partial charge on any atom is 0.314 e. The molecule has 0 radical (unpaired) electrons. The van der Waals surface area contributed by atoms with Crippen molar-refractivity contribution in [2.45, 2.75) is 13.0 Å². The molecular formula is C4H7N3O2. The third-order valence-electron chi connectivity index (χ3n) is 0.767. The number of nitrogens with zero attached hydrogens (tertiary/aromatic N) is 3. The summed E-state index contributed by atoms with van der Waals surface area (Å²) in [4.78, 5) is 12.8. The fourth-order valence-corrected chi connectivity index (χ4v) is 0.295. The van der Waals surface area contributed by atoms with Gasteiger partial charge in [-0.2, -0.15) is 0 Å². The molecule has 0 saturated carbocycles. The van der Waals surface area contributed by atoms with Gasteiger partial charge < -0.3 is 4.74 Å². The number of hydrogen-bond acceptors (Lipinski definition) is 3. The number of azide groups is 1. The largest absolute Gasteiger partial charge is 0.469 e. The maximum atomic E-state index is 10.4. The molecule has 0 saturated heterocycles. The minimum atomic E-state index is -0.722. The SMILES string of the molecule is COC(=O)C(C)N=[N+]=[N-]. The summed E-state index contributed by atoms with van der Waals surface area (Å²) in [6, 6.07) is -0.722. The first-order valence-corrected chi connectivity index (χ1v) is 2.34. The van der Waals surface area contributed by atoms with Gasteiger partial charge in [-0.25, -0.2) is 0 Å². The standard InChI is InChI=1S/C4H7N3O2/c1-3(6-7-5)4(8)9-2/h3H,1-2H3. The minimum absolute atomic E-state index is 0.521. The molecular weight excluding hydrogens is 122 g/mol. The zero-order valence-corrected chi connectivity index (χ0v) is 5.24. The predicted molar refractivity (Wildman–Crippen MR) is 30.6 cm³/mol. The van der Waals surface area contributed by atoms with Crippen LogP contribution >= 0.6 is 0 Å². The third kappa shape index (κ3) is 2.56. The topological polar surface area (TPSA) is 75.1 Å². The quantitative estimate of drug-likeness (QED) is 0.240. The molecule has 1 atom stereocenters. The van der Waals surface area contributed by atoms with E-state index in [0.717, 1.165) is 0 Å². The van der Waals surface area contributed by atoms with Gasteiger partial charge in [0.05, 0.1) is 7.11 Å². The number of rotatable bonds is 2. The normalized spacial score (nSPS) is 11.3. The highest BCUT2D eigenvalue weighted by atomic mass is 16.5. The van der Waals surface area contributed by atoms with Crippen LogP contribution in [0.1, 0.15) is 6.92 Å². The van der Waals surface area contributed by atoms with Gasteiger partial charge in [-0.3, -0.25) is 4.79 Å². The van der Waals surface area contributed by atoms with E-state index in [9.17, 15) is 4.79 Å². The van der Waals surface area contributed by atoms with Gasteiger partial charge in [-0.15, -0.1) is 0 Å². The van der Waals surface area contributed by atoms with Crippen LogP contribution in [0.15, 0.2) is 5.11 Å². The van der Waals surface area contributed by atoms with Crippen molar-refractivity contribution in [1.82, 2.24) is 0 Å². The van der Waals surface area contributed by atoms with Crippen molar-refractivity contribution in [3.8, 4) is 0 Å². The molecule has 0 aliphatic heterocycles. The number of ether oxygens (including phenoxy) is 1. The molecule has 0 aromatic rings. The fraction of sp³-hybridized carbons (Fsp3) is 0.750. The first-order chi connectivity index (χ1) is 4.22. The van der Waals surface area contributed by atoms with Gasteiger partial charge in [-0.05, 0) is 12.5 Å². The summed E-state index contributed by atoms with van der Waals surface area (Å²) in [5.74, 6) is -0.521. The molecule has 0 heterocycles. The van der Waals surface area contributed by atoms with Crippen LogP contribution in [0.5, 0.6) is 0 Å². The van der Waals surface area contributed by atoms with Gasteiger partial charge in [0.15, 0.2) is 0 Å². The van der Waals surface area contributed by atoms with E-state index in [1.165, 1.54) is 14.0 Å². The van der Waals surface area contributed by atoms with Crippen LogP contribution in [0.25, 0.3) is 10.4 Å². The minimum Gasteiger partial charge on any atom is -0.469 e. The molecule has 50 valence electrons. The van der Waals surface area contributed by atoms with Crippen LogP contribution < -0.4 is 0 Å². The molecule has 0 rings (SSSR count). The average Bonchev–Trinajstić information content (AvgIpc) is 1.87. The van der Waals surface area contributed by atoms with Crippen LogP contribution in [0, 0.1) is 0 Å². The molecule has 0 amide bonds. The molecule has 0 aliphatic rings. The Morgan fingerprint density at radius 2 is 2.44 bits per heavy atom. The Hall–Kier alpha value is -1.22. The summed E-state index contributed by atoms with van der Waals surface area (Å²) in [5.41, 5.74) is 7.83. The van der Waals surface area contributed by atoms with Gasteiger partial charge in [0.25, 0.3) is 0 Å². The van der Waals surface area contributed by atoms with E-state index in [1.807, 2.05) is 0 Å². The third-order valence-corrected chi connectivity index (χ3v) is 0.767. The fourth-order valence-electron chi connectivity index (χ4n) is 0.295. The van der Waals surface area contributed by atoms with Crippen molar-refractivity contribution >= 4 is 5.97 Å². The van der Waals surface area contributed by atoms with E-state index >= 15 is 0 Å². The zero-order chi connectivity index (χ0) is 7.28. The first-order valence-electron chi connectivity index (χ1n) is 2.34. The van der Waals surface area contributed by atoms with Crippen molar-refractivity contribution in [3.05, 3.63) is 10.4 Å². The van der Waals surface area contributed by atoms with Gasteiger partial charge in [0.1, 0.15) is 6.04 Å². The molecule has 0 aromatic heterocycles. The van der Waals surface area contributed by atoms with Crippen molar-refractivity contribution in [2.24, 2.45) is 5.11 Å². The van der Waals surface area contributed by atoms with E-state index in [0.29, 0.717) is 0 Å². The lowest BCUT2D eigenvalue weighted by atomic mass is 10.4. The van der Waals surface area contributed by atoms with Gasteiger partial charge >= 0.3 is 5.97 Å². The first kappa shape index (κ1) is 7.78. The van der Waals surface area contributed by atoms with Crippen LogP contribution in [-0.2, 0) is 9.53 Å². The van der Waals surface area contributed by atoms with Crippen molar-refractivity contribution < 1.29 is 9.53 Å². The van der Waals surface area contributed by atoms with Crippen molar-refractivity contribution in [3.63, 3.8) is 0 Å². The Labute approximate surface area is 52.2 Å². The molecule has 5 nitrogen and oxygen atoms in total. The van der Waals surface area contributed by atoms with Crippen LogP contribution in [0.4, 0.5) is 0 Å². The van der Waals surface area contributed by atoms with E-state index in [4.69, 9.17) is 5.53 Å². The number of methoxy groups -OCH3 is 1. The Balaban J connectivity index is 3.87. The summed E-state index contributed by atoms with van der Waals surface area (Å²) in [6.45, 7) is 1.46. The molecule has 0 bridgehead atoms. The lowest BCUT2D eigenvalue weighted by Crippen LogP contribution is -2.14. The molecule has 0 spiro atoms. The van der Waals surface area contributed by atoms with Crippen molar-refractivity contribution in [2.75, 3.05) is 7.11 Å². The number of esters is 1. The monoisotopic (exact) mass is 129 g/mol. The lowest BCUT2D eigenvalue weighted by molar-refractivity contribution is -0.141. The second-order valence-electron chi connectivity index (χ2n) is 1.40. The highest BCUT2D eigenvalue weighted by molar-refractivity contribution is 5.75. The summed E-state index contributed by atoms with van der Waals surface area (Å²) in [5, 5.41) is 3.10. The highest BCUT2D eigenvalue weighted by Crippen LogP contribution is 1.91. The Morgan fingerprint density at radius 3 is 2.78 bits per heavy atom. The second kappa shape index (κ2) is 3.74. The predicted octanol–water partition coefficient (Wildman–Crippen LogP) is 0.858. The summed E-state index contributed by atoms with van der Waals surface area (Å²) >= 11 is 0. The summed E-state index contributed by atoms with van der Waals surface area (Å²) in [6.07, 6.45) is 0.